The molecule has 0 aliphatic rings. The van der Waals surface area contributed by atoms with Crippen molar-refractivity contribution in [3.8, 4) is 5.75 Å². The predicted octanol–water partition coefficient (Wildman–Crippen LogP) is 1.73. The molecule has 2 N–H and O–H groups in total. The highest BCUT2D eigenvalue weighted by Crippen LogP contribution is 2.10. The Morgan fingerprint density at radius 3 is 2.75 bits per heavy atom. The van der Waals surface area contributed by atoms with Crippen LogP contribution in [0.3, 0.4) is 0 Å². The summed E-state index contributed by atoms with van der Waals surface area (Å²) in [7, 11) is 0. The molecule has 0 saturated heterocycles. The van der Waals surface area contributed by atoms with Gasteiger partial charge in [0.05, 0.1) is 6.20 Å². The van der Waals surface area contributed by atoms with Crippen LogP contribution in [0.2, 0.25) is 0 Å². The molecule has 0 radical (unpaired) electrons. The van der Waals surface area contributed by atoms with Gasteiger partial charge in [-0.2, -0.15) is 0 Å². The molecule has 90 valence electrons. The molecule has 1 aromatic rings. The van der Waals surface area contributed by atoms with Gasteiger partial charge in [-0.25, -0.2) is 0 Å². The van der Waals surface area contributed by atoms with Crippen LogP contribution < -0.4 is 10.5 Å². The van der Waals surface area contributed by atoms with Gasteiger partial charge in [0.15, 0.2) is 6.79 Å². The molecule has 16 heavy (non-hydrogen) atoms. The number of hydrogen-bond donors (Lipinski definition) is 1. The molecule has 4 nitrogen and oxygen atoms in total. The summed E-state index contributed by atoms with van der Waals surface area (Å²) in [6.45, 7) is 4.92. The second kappa shape index (κ2) is 7.19. The van der Waals surface area contributed by atoms with Gasteiger partial charge < -0.3 is 15.2 Å². The van der Waals surface area contributed by atoms with Crippen molar-refractivity contribution in [3.63, 3.8) is 0 Å². The highest BCUT2D eigenvalue weighted by molar-refractivity contribution is 5.20. The fraction of sp³-hybridized carbons (Fsp3) is 0.583. The van der Waals surface area contributed by atoms with Crippen LogP contribution in [-0.4, -0.2) is 24.4 Å². The molecular weight excluding hydrogens is 204 g/mol. The van der Waals surface area contributed by atoms with Gasteiger partial charge in [-0.3, -0.25) is 4.98 Å². The van der Waals surface area contributed by atoms with Crippen LogP contribution in [0.25, 0.3) is 0 Å². The van der Waals surface area contributed by atoms with E-state index in [1.165, 1.54) is 0 Å². The molecule has 4 heteroatoms. The Bertz CT molecular complexity index is 288. The smallest absolute Gasteiger partial charge is 0.189 e. The summed E-state index contributed by atoms with van der Waals surface area (Å²) in [6.07, 6.45) is 3.48. The normalized spacial score (nSPS) is 12.4. The van der Waals surface area contributed by atoms with E-state index in [1.807, 2.05) is 19.1 Å². The zero-order chi connectivity index (χ0) is 11.8. The molecule has 0 aromatic carbocycles. The van der Waals surface area contributed by atoms with E-state index in [2.05, 4.69) is 11.9 Å². The van der Waals surface area contributed by atoms with E-state index in [-0.39, 0.29) is 12.8 Å². The quantitative estimate of drug-likeness (QED) is 0.566. The number of hydrogen-bond acceptors (Lipinski definition) is 4. The third-order valence-corrected chi connectivity index (χ3v) is 2.31. The summed E-state index contributed by atoms with van der Waals surface area (Å²) in [6, 6.07) is 4.02. The lowest BCUT2D eigenvalue weighted by Gasteiger charge is -2.09. The van der Waals surface area contributed by atoms with Crippen LogP contribution in [0.4, 0.5) is 0 Å². The van der Waals surface area contributed by atoms with E-state index >= 15 is 0 Å². The molecule has 0 saturated carbocycles. The lowest BCUT2D eigenvalue weighted by atomic mass is 10.1. The lowest BCUT2D eigenvalue weighted by molar-refractivity contribution is 0.0222. The number of aromatic nitrogens is 1. The Kier molecular flexibility index (Phi) is 5.82. The molecule has 0 aliphatic heterocycles. The Hall–Kier alpha value is -1.13. The average Bonchev–Trinajstić information content (AvgIpc) is 2.31. The maximum absolute atomic E-state index is 5.85. The Labute approximate surface area is 96.8 Å². The monoisotopic (exact) mass is 224 g/mol. The molecular formula is C12H20N2O2. The number of pyridine rings is 1. The van der Waals surface area contributed by atoms with Crippen molar-refractivity contribution in [2.45, 2.75) is 32.7 Å². The zero-order valence-corrected chi connectivity index (χ0v) is 9.98. The van der Waals surface area contributed by atoms with Crippen molar-refractivity contribution in [2.75, 3.05) is 13.4 Å². The van der Waals surface area contributed by atoms with Gasteiger partial charge in [-0.1, -0.05) is 6.92 Å². The highest BCUT2D eigenvalue weighted by Gasteiger charge is 2.02. The first-order valence-electron chi connectivity index (χ1n) is 5.67. The van der Waals surface area contributed by atoms with Gasteiger partial charge in [0, 0.05) is 24.8 Å². The minimum Gasteiger partial charge on any atom is -0.466 e. The van der Waals surface area contributed by atoms with Crippen molar-refractivity contribution in [1.82, 2.24) is 4.98 Å². The van der Waals surface area contributed by atoms with E-state index in [0.717, 1.165) is 24.3 Å². The summed E-state index contributed by atoms with van der Waals surface area (Å²) in [4.78, 5) is 4.28. The van der Waals surface area contributed by atoms with Crippen molar-refractivity contribution in [1.29, 1.82) is 0 Å². The summed E-state index contributed by atoms with van der Waals surface area (Å²) >= 11 is 0. The van der Waals surface area contributed by atoms with Crippen LogP contribution in [0, 0.1) is 0 Å². The minimum atomic E-state index is 0.183. The molecule has 1 heterocycles. The van der Waals surface area contributed by atoms with Gasteiger partial charge in [-0.05, 0) is 25.5 Å². The molecule has 0 aliphatic carbocycles. The molecule has 0 spiro atoms. The van der Waals surface area contributed by atoms with Crippen molar-refractivity contribution >= 4 is 0 Å². The SMILES string of the molecule is CCOCOc1ccc(CC(N)CC)nc1. The van der Waals surface area contributed by atoms with E-state index in [1.54, 1.807) is 6.20 Å². The number of nitrogens with zero attached hydrogens (tertiary/aromatic N) is 1. The maximum Gasteiger partial charge on any atom is 0.189 e. The summed E-state index contributed by atoms with van der Waals surface area (Å²) in [5.41, 5.74) is 6.85. The third kappa shape index (κ3) is 4.59. The first-order chi connectivity index (χ1) is 7.76. The van der Waals surface area contributed by atoms with Crippen molar-refractivity contribution in [3.05, 3.63) is 24.0 Å². The summed E-state index contributed by atoms with van der Waals surface area (Å²) < 4.78 is 10.4. The molecule has 1 aromatic heterocycles. The molecule has 0 bridgehead atoms. The van der Waals surface area contributed by atoms with Crippen LogP contribution in [0.5, 0.6) is 5.75 Å². The molecule has 0 fully saturated rings. The highest BCUT2D eigenvalue weighted by atomic mass is 16.7. The molecule has 1 rings (SSSR count). The van der Waals surface area contributed by atoms with Gasteiger partial charge in [0.25, 0.3) is 0 Å². The van der Waals surface area contributed by atoms with Crippen molar-refractivity contribution < 1.29 is 9.47 Å². The van der Waals surface area contributed by atoms with Gasteiger partial charge >= 0.3 is 0 Å². The Morgan fingerprint density at radius 2 is 2.19 bits per heavy atom. The van der Waals surface area contributed by atoms with Crippen LogP contribution in [0.15, 0.2) is 18.3 Å². The van der Waals surface area contributed by atoms with E-state index in [9.17, 15) is 0 Å². The van der Waals surface area contributed by atoms with E-state index in [4.69, 9.17) is 15.2 Å². The van der Waals surface area contributed by atoms with Gasteiger partial charge in [0.2, 0.25) is 0 Å². The second-order valence-corrected chi connectivity index (χ2v) is 3.61. The average molecular weight is 224 g/mol. The van der Waals surface area contributed by atoms with Gasteiger partial charge in [0.1, 0.15) is 5.75 Å². The lowest BCUT2D eigenvalue weighted by Crippen LogP contribution is -2.21. The first kappa shape index (κ1) is 12.9. The fourth-order valence-electron chi connectivity index (χ4n) is 1.22. The number of ether oxygens (including phenoxy) is 2. The van der Waals surface area contributed by atoms with Crippen molar-refractivity contribution in [2.24, 2.45) is 5.73 Å². The second-order valence-electron chi connectivity index (χ2n) is 3.61. The van der Waals surface area contributed by atoms with E-state index in [0.29, 0.717) is 6.61 Å². The topological polar surface area (TPSA) is 57.4 Å². The maximum atomic E-state index is 5.85. The van der Waals surface area contributed by atoms with Crippen LogP contribution >= 0.6 is 0 Å². The Balaban J connectivity index is 2.41. The molecule has 1 atom stereocenters. The van der Waals surface area contributed by atoms with Crippen LogP contribution in [-0.2, 0) is 11.2 Å². The Morgan fingerprint density at radius 1 is 1.38 bits per heavy atom. The molecule has 1 unspecified atom stereocenters. The van der Waals surface area contributed by atoms with Crippen LogP contribution in [0.1, 0.15) is 26.0 Å². The third-order valence-electron chi connectivity index (χ3n) is 2.31. The predicted molar refractivity (Wildman–Crippen MR) is 63.3 cm³/mol. The minimum absolute atomic E-state index is 0.183. The largest absolute Gasteiger partial charge is 0.466 e. The summed E-state index contributed by atoms with van der Waals surface area (Å²) in [5, 5.41) is 0. The van der Waals surface area contributed by atoms with Gasteiger partial charge in [-0.15, -0.1) is 0 Å². The summed E-state index contributed by atoms with van der Waals surface area (Å²) in [5.74, 6) is 0.724. The van der Waals surface area contributed by atoms with E-state index < -0.39 is 0 Å². The first-order valence-corrected chi connectivity index (χ1v) is 5.67. The zero-order valence-electron chi connectivity index (χ0n) is 9.98. The number of nitrogens with two attached hydrogens (primary N) is 1. The number of rotatable bonds is 7. The molecule has 0 amide bonds. The standard InChI is InChI=1S/C12H20N2O2/c1-3-10(13)7-11-5-6-12(8-14-11)16-9-15-4-2/h5-6,8,10H,3-4,7,9,13H2,1-2H3. The fourth-order valence-corrected chi connectivity index (χ4v) is 1.22.